The minimum atomic E-state index is -0.842. The number of aryl methyl sites for hydroxylation is 2. The second-order valence-corrected chi connectivity index (χ2v) is 6.91. The second-order valence-electron chi connectivity index (χ2n) is 6.91. The molecule has 0 spiro atoms. The zero-order valence-electron chi connectivity index (χ0n) is 15.6. The van der Waals surface area contributed by atoms with Crippen molar-refractivity contribution in [2.45, 2.75) is 40.3 Å². The zero-order chi connectivity index (χ0) is 18.8. The summed E-state index contributed by atoms with van der Waals surface area (Å²) in [7, 11) is 0. The minimum absolute atomic E-state index is 0.00895. The minimum Gasteiger partial charge on any atom is -0.465 e. The first kappa shape index (κ1) is 18.2. The van der Waals surface area contributed by atoms with Crippen LogP contribution < -0.4 is 5.32 Å². The molecule has 1 aliphatic heterocycles. The van der Waals surface area contributed by atoms with Gasteiger partial charge in [-0.15, -0.1) is 5.10 Å². The van der Waals surface area contributed by atoms with Gasteiger partial charge in [-0.05, 0) is 43.5 Å². The van der Waals surface area contributed by atoms with Crippen LogP contribution in [0, 0.1) is 20.8 Å². The molecule has 1 atom stereocenters. The fourth-order valence-electron chi connectivity index (χ4n) is 3.39. The summed E-state index contributed by atoms with van der Waals surface area (Å²) in [5, 5.41) is 20.3. The maximum absolute atomic E-state index is 11.2. The summed E-state index contributed by atoms with van der Waals surface area (Å²) < 4.78 is 5.42. The highest BCUT2D eigenvalue weighted by Crippen LogP contribution is 2.26. The maximum atomic E-state index is 11.2. The summed E-state index contributed by atoms with van der Waals surface area (Å²) in [5.74, 6) is 0.517. The number of benzene rings is 1. The Morgan fingerprint density at radius 3 is 2.69 bits per heavy atom. The number of carboxylic acid groups (broad SMARTS) is 1. The summed E-state index contributed by atoms with van der Waals surface area (Å²) in [6, 6.07) is 4.60. The lowest BCUT2D eigenvalue weighted by molar-refractivity contribution is 0.0710. The van der Waals surface area contributed by atoms with Crippen molar-refractivity contribution >= 4 is 17.8 Å². The van der Waals surface area contributed by atoms with E-state index in [0.29, 0.717) is 18.5 Å². The molecule has 2 N–H and O–H groups in total. The molecular formula is C18H25N5O3. The van der Waals surface area contributed by atoms with Gasteiger partial charge in [0.05, 0.1) is 0 Å². The number of carbonyl (C=O) groups is 1. The Morgan fingerprint density at radius 2 is 2.08 bits per heavy atom. The molecule has 1 saturated heterocycles. The van der Waals surface area contributed by atoms with Crippen LogP contribution in [0.2, 0.25) is 0 Å². The number of hydrogen-bond acceptors (Lipinski definition) is 6. The molecule has 0 bridgehead atoms. The first-order chi connectivity index (χ1) is 12.3. The largest absolute Gasteiger partial charge is 0.465 e. The Balaban J connectivity index is 1.75. The van der Waals surface area contributed by atoms with E-state index in [0.717, 1.165) is 36.4 Å². The van der Waals surface area contributed by atoms with Crippen LogP contribution in [0.3, 0.4) is 0 Å². The summed E-state index contributed by atoms with van der Waals surface area (Å²) in [6.07, 6.45) is -0.842. The number of piperazine rings is 1. The van der Waals surface area contributed by atoms with Crippen molar-refractivity contribution in [2.24, 2.45) is 0 Å². The molecule has 1 aliphatic rings. The fraction of sp³-hybridized carbons (Fsp3) is 0.500. The third-order valence-electron chi connectivity index (χ3n) is 4.78. The molecule has 2 aromatic rings. The van der Waals surface area contributed by atoms with E-state index in [4.69, 9.17) is 4.42 Å². The van der Waals surface area contributed by atoms with E-state index in [2.05, 4.69) is 46.4 Å². The van der Waals surface area contributed by atoms with Gasteiger partial charge in [-0.3, -0.25) is 4.90 Å². The smallest absolute Gasteiger partial charge is 0.407 e. The number of nitrogens with zero attached hydrogens (tertiary/aromatic N) is 4. The molecule has 0 unspecified atom stereocenters. The van der Waals surface area contributed by atoms with Gasteiger partial charge in [0.15, 0.2) is 0 Å². The molecular weight excluding hydrogens is 334 g/mol. The van der Waals surface area contributed by atoms with Crippen molar-refractivity contribution in [1.29, 1.82) is 0 Å². The van der Waals surface area contributed by atoms with Gasteiger partial charge >= 0.3 is 12.1 Å². The predicted molar refractivity (Wildman–Crippen MR) is 97.7 cm³/mol. The van der Waals surface area contributed by atoms with Gasteiger partial charge in [0.25, 0.3) is 0 Å². The Bertz CT molecular complexity index is 804. The van der Waals surface area contributed by atoms with E-state index in [1.165, 1.54) is 10.5 Å². The molecule has 0 saturated carbocycles. The number of amides is 1. The van der Waals surface area contributed by atoms with Gasteiger partial charge in [-0.25, -0.2) is 4.79 Å². The number of hydrogen-bond donors (Lipinski definition) is 2. The van der Waals surface area contributed by atoms with Gasteiger partial charge in [0, 0.05) is 44.8 Å². The first-order valence-corrected chi connectivity index (χ1v) is 8.72. The average Bonchev–Trinajstić information content (AvgIpc) is 2.96. The van der Waals surface area contributed by atoms with Gasteiger partial charge < -0.3 is 19.7 Å². The first-order valence-electron chi connectivity index (χ1n) is 8.72. The number of aromatic nitrogens is 2. The monoisotopic (exact) mass is 359 g/mol. The Labute approximate surface area is 152 Å². The lowest BCUT2D eigenvalue weighted by Gasteiger charge is -2.38. The molecule has 8 heteroatoms. The maximum Gasteiger partial charge on any atom is 0.407 e. The number of rotatable bonds is 4. The van der Waals surface area contributed by atoms with E-state index < -0.39 is 6.09 Å². The fourth-order valence-corrected chi connectivity index (χ4v) is 3.39. The lowest BCUT2D eigenvalue weighted by Crippen LogP contribution is -2.53. The van der Waals surface area contributed by atoms with Crippen LogP contribution >= 0.6 is 0 Å². The summed E-state index contributed by atoms with van der Waals surface area (Å²) in [4.78, 5) is 15.0. The SMILES string of the molecule is Cc1cc(CN2CCN(C(=O)O)[C@@H](C)C2)c(C)c(Nc2nnc(C)o2)c1. The van der Waals surface area contributed by atoms with Crippen molar-refractivity contribution in [2.75, 3.05) is 25.0 Å². The van der Waals surface area contributed by atoms with Crippen LogP contribution in [-0.2, 0) is 6.54 Å². The summed E-state index contributed by atoms with van der Waals surface area (Å²) >= 11 is 0. The normalized spacial score (nSPS) is 18.2. The third-order valence-corrected chi connectivity index (χ3v) is 4.78. The molecule has 26 heavy (non-hydrogen) atoms. The van der Waals surface area contributed by atoms with Gasteiger partial charge in [-0.2, -0.15) is 0 Å². The molecule has 0 aliphatic carbocycles. The molecule has 1 amide bonds. The van der Waals surface area contributed by atoms with Gasteiger partial charge in [0.1, 0.15) is 0 Å². The van der Waals surface area contributed by atoms with Crippen LogP contribution in [0.15, 0.2) is 16.5 Å². The standard InChI is InChI=1S/C18H25N5O3/c1-11-7-15(10-22-5-6-23(18(24)25)12(2)9-22)13(3)16(8-11)19-17-21-20-14(4)26-17/h7-8,12H,5-6,9-10H2,1-4H3,(H,19,21)(H,24,25)/t12-/m0/s1. The van der Waals surface area contributed by atoms with Crippen molar-refractivity contribution in [3.8, 4) is 0 Å². The molecule has 140 valence electrons. The molecule has 3 rings (SSSR count). The van der Waals surface area contributed by atoms with E-state index >= 15 is 0 Å². The highest BCUT2D eigenvalue weighted by Gasteiger charge is 2.27. The van der Waals surface area contributed by atoms with E-state index in [1.54, 1.807) is 6.92 Å². The molecule has 2 heterocycles. The lowest BCUT2D eigenvalue weighted by atomic mass is 10.0. The van der Waals surface area contributed by atoms with Gasteiger partial charge in [-0.1, -0.05) is 11.2 Å². The molecule has 1 fully saturated rings. The second kappa shape index (κ2) is 7.33. The van der Waals surface area contributed by atoms with Crippen molar-refractivity contribution in [3.05, 3.63) is 34.7 Å². The van der Waals surface area contributed by atoms with Gasteiger partial charge in [0.2, 0.25) is 5.89 Å². The van der Waals surface area contributed by atoms with Crippen LogP contribution in [-0.4, -0.2) is 56.9 Å². The van der Waals surface area contributed by atoms with Crippen LogP contribution in [0.5, 0.6) is 0 Å². The highest BCUT2D eigenvalue weighted by molar-refractivity contribution is 5.65. The van der Waals surface area contributed by atoms with E-state index in [-0.39, 0.29) is 6.04 Å². The van der Waals surface area contributed by atoms with Crippen molar-refractivity contribution in [1.82, 2.24) is 20.0 Å². The van der Waals surface area contributed by atoms with E-state index in [1.807, 2.05) is 6.92 Å². The number of nitrogens with one attached hydrogen (secondary N) is 1. The average molecular weight is 359 g/mol. The molecule has 0 radical (unpaired) electrons. The Morgan fingerprint density at radius 1 is 1.31 bits per heavy atom. The third kappa shape index (κ3) is 3.96. The molecule has 1 aromatic heterocycles. The topological polar surface area (TPSA) is 94.7 Å². The van der Waals surface area contributed by atoms with Crippen LogP contribution in [0.1, 0.15) is 29.5 Å². The van der Waals surface area contributed by atoms with E-state index in [9.17, 15) is 9.90 Å². The quantitative estimate of drug-likeness (QED) is 0.866. The highest BCUT2D eigenvalue weighted by atomic mass is 16.4. The molecule has 1 aromatic carbocycles. The summed E-state index contributed by atoms with van der Waals surface area (Å²) in [6.45, 7) is 10.6. The predicted octanol–water partition coefficient (Wildman–Crippen LogP) is 2.92. The Kier molecular flexibility index (Phi) is 5.13. The van der Waals surface area contributed by atoms with Crippen LogP contribution in [0.4, 0.5) is 16.5 Å². The molecule has 8 nitrogen and oxygen atoms in total. The summed E-state index contributed by atoms with van der Waals surface area (Å²) in [5.41, 5.74) is 4.42. The van der Waals surface area contributed by atoms with Crippen molar-refractivity contribution < 1.29 is 14.3 Å². The zero-order valence-corrected chi connectivity index (χ0v) is 15.6. The number of anilines is 2. The van der Waals surface area contributed by atoms with Crippen molar-refractivity contribution in [3.63, 3.8) is 0 Å². The Hall–Kier alpha value is -2.61. The van der Waals surface area contributed by atoms with Crippen LogP contribution in [0.25, 0.3) is 0 Å².